The van der Waals surface area contributed by atoms with Crippen molar-refractivity contribution in [2.45, 2.75) is 53.0 Å². The van der Waals surface area contributed by atoms with Crippen LogP contribution in [-0.4, -0.2) is 63.3 Å². The highest BCUT2D eigenvalue weighted by molar-refractivity contribution is 6.03. The Bertz CT molecular complexity index is 2210. The lowest BCUT2D eigenvalue weighted by Gasteiger charge is -2.21. The van der Waals surface area contributed by atoms with E-state index in [1.807, 2.05) is 43.3 Å². The van der Waals surface area contributed by atoms with E-state index in [0.29, 0.717) is 40.3 Å². The van der Waals surface area contributed by atoms with Gasteiger partial charge in [0.2, 0.25) is 12.5 Å². The summed E-state index contributed by atoms with van der Waals surface area (Å²) in [7, 11) is 0. The average Bonchev–Trinajstić information content (AvgIpc) is 3.53. The second-order valence-electron chi connectivity index (χ2n) is 11.9. The molecule has 0 bridgehead atoms. The number of esters is 1. The van der Waals surface area contributed by atoms with Crippen molar-refractivity contribution in [3.63, 3.8) is 0 Å². The molecule has 4 N–H and O–H groups in total. The number of hydrazone groups is 1. The molecule has 2 unspecified atom stereocenters. The number of hydrogen-bond acceptors (Lipinski definition) is 15. The topological polar surface area (TPSA) is 235 Å². The fourth-order valence-corrected chi connectivity index (χ4v) is 5.55. The van der Waals surface area contributed by atoms with Gasteiger partial charge in [-0.3, -0.25) is 9.36 Å². The second kappa shape index (κ2) is 18.7. The number of para-hydroxylation sites is 1. The summed E-state index contributed by atoms with van der Waals surface area (Å²) >= 11 is 0. The zero-order chi connectivity index (χ0) is 40.2. The first-order chi connectivity index (χ1) is 27.0. The normalized spacial score (nSPS) is 12.2. The van der Waals surface area contributed by atoms with E-state index in [1.54, 1.807) is 59.2 Å². The van der Waals surface area contributed by atoms with Crippen LogP contribution in [0.4, 0.5) is 4.79 Å². The molecule has 0 saturated carbocycles. The highest BCUT2D eigenvalue weighted by atomic mass is 16.9. The van der Waals surface area contributed by atoms with Gasteiger partial charge in [-0.2, -0.15) is 10.1 Å². The van der Waals surface area contributed by atoms with Crippen molar-refractivity contribution in [2.75, 3.05) is 6.61 Å². The van der Waals surface area contributed by atoms with Gasteiger partial charge in [-0.25, -0.2) is 15.4 Å². The van der Waals surface area contributed by atoms with Crippen LogP contribution in [0.1, 0.15) is 53.4 Å². The molecule has 2 atom stereocenters. The van der Waals surface area contributed by atoms with Crippen molar-refractivity contribution in [3.05, 3.63) is 129 Å². The smallest absolute Gasteiger partial charge is 0.465 e. The molecule has 18 nitrogen and oxygen atoms in total. The lowest BCUT2D eigenvalue weighted by atomic mass is 9.98. The van der Waals surface area contributed by atoms with Gasteiger partial charge in [-0.15, -0.1) is 15.2 Å². The van der Waals surface area contributed by atoms with E-state index in [1.165, 1.54) is 13.8 Å². The van der Waals surface area contributed by atoms with Crippen LogP contribution in [-0.2, 0) is 48.3 Å². The predicted octanol–water partition coefficient (Wildman–Crippen LogP) is 5.03. The summed E-state index contributed by atoms with van der Waals surface area (Å²) in [6.07, 6.45) is -3.24. The number of hydrazine groups is 1. The minimum atomic E-state index is -1.10. The van der Waals surface area contributed by atoms with Crippen molar-refractivity contribution < 1.29 is 48.0 Å². The quantitative estimate of drug-likeness (QED) is 0.0174. The lowest BCUT2D eigenvalue weighted by Crippen LogP contribution is -2.40. The first kappa shape index (κ1) is 40.0. The number of rotatable bonds is 18. The van der Waals surface area contributed by atoms with Crippen LogP contribution in [0.5, 0.6) is 6.01 Å². The molecule has 292 valence electrons. The largest absolute Gasteiger partial charge is 0.510 e. The minimum Gasteiger partial charge on any atom is -0.465 e. The fourth-order valence-electron chi connectivity index (χ4n) is 5.55. The molecule has 5 rings (SSSR count). The molecule has 1 heterocycles. The minimum absolute atomic E-state index is 0.0363. The Balaban J connectivity index is 1.29. The van der Waals surface area contributed by atoms with Crippen molar-refractivity contribution in [1.29, 1.82) is 0 Å². The number of benzene rings is 4. The molecule has 0 saturated heterocycles. The molecule has 1 aromatic heterocycles. The maximum absolute atomic E-state index is 13.1. The van der Waals surface area contributed by atoms with Crippen LogP contribution in [0.3, 0.4) is 0 Å². The third-order valence-corrected chi connectivity index (χ3v) is 8.21. The van der Waals surface area contributed by atoms with E-state index in [4.69, 9.17) is 35.3 Å². The zero-order valence-electron chi connectivity index (χ0n) is 30.6. The monoisotopic (exact) mass is 769 g/mol. The number of carbonyl (C=O) groups is 3. The van der Waals surface area contributed by atoms with Gasteiger partial charge in [-0.05, 0) is 53.8 Å². The van der Waals surface area contributed by atoms with Gasteiger partial charge in [0.15, 0.2) is 5.84 Å². The highest BCUT2D eigenvalue weighted by Gasteiger charge is 2.23. The molecule has 0 spiro atoms. The predicted molar refractivity (Wildman–Crippen MR) is 200 cm³/mol. The third-order valence-electron chi connectivity index (χ3n) is 8.21. The van der Waals surface area contributed by atoms with E-state index in [0.717, 1.165) is 21.8 Å². The Morgan fingerprint density at radius 2 is 1.62 bits per heavy atom. The van der Waals surface area contributed by atoms with Crippen molar-refractivity contribution in [1.82, 2.24) is 14.7 Å². The number of ether oxygens (including phenoxy) is 5. The van der Waals surface area contributed by atoms with Gasteiger partial charge in [0.05, 0.1) is 29.7 Å². The standard InChI is InChI=1S/C38H39N7O11/c1-4-51-37-41-33-15-9-14-32(36(47)56-25(3)53-23-46)34(33)43(37)20-26-16-18-27(19-17-26)30-12-7-8-13-31(30)35(39)42-44(40)24(2)55-38(48)52-21-28-10-5-6-11-29(28)22-54-45(49)50/h5-19,23-25H,4,20-22,40H2,1-3H3,(H2,39,42). The first-order valence-electron chi connectivity index (χ1n) is 17.1. The Morgan fingerprint density at radius 1 is 0.946 bits per heavy atom. The number of carbonyl (C=O) groups excluding carboxylic acids is 3. The summed E-state index contributed by atoms with van der Waals surface area (Å²) in [5, 5.41) is 14.8. The molecule has 5 aromatic rings. The van der Waals surface area contributed by atoms with Crippen molar-refractivity contribution in [2.24, 2.45) is 16.7 Å². The molecule has 0 aliphatic rings. The summed E-state index contributed by atoms with van der Waals surface area (Å²) in [5.41, 5.74) is 11.5. The van der Waals surface area contributed by atoms with Crippen LogP contribution in [0.2, 0.25) is 0 Å². The number of nitrogens with two attached hydrogens (primary N) is 2. The lowest BCUT2D eigenvalue weighted by molar-refractivity contribution is -0.763. The van der Waals surface area contributed by atoms with Gasteiger partial charge in [0.25, 0.3) is 17.6 Å². The molecule has 0 aliphatic heterocycles. The Morgan fingerprint density at radius 3 is 2.32 bits per heavy atom. The number of hydrogen-bond donors (Lipinski definition) is 2. The van der Waals surface area contributed by atoms with Gasteiger partial charge >= 0.3 is 12.1 Å². The van der Waals surface area contributed by atoms with Crippen LogP contribution in [0.15, 0.2) is 96.1 Å². The average molecular weight is 770 g/mol. The van der Waals surface area contributed by atoms with Crippen molar-refractivity contribution >= 4 is 35.5 Å². The molecule has 0 amide bonds. The number of amidine groups is 1. The number of aromatic nitrogens is 2. The summed E-state index contributed by atoms with van der Waals surface area (Å²) < 4.78 is 28.1. The summed E-state index contributed by atoms with van der Waals surface area (Å²) in [6, 6.07) is 26.8. The Kier molecular flexibility index (Phi) is 13.4. The van der Waals surface area contributed by atoms with Gasteiger partial charge < -0.3 is 34.3 Å². The van der Waals surface area contributed by atoms with E-state index >= 15 is 0 Å². The van der Waals surface area contributed by atoms with Gasteiger partial charge in [0.1, 0.15) is 13.2 Å². The second-order valence-corrected chi connectivity index (χ2v) is 11.9. The molecule has 4 aromatic carbocycles. The van der Waals surface area contributed by atoms with E-state index in [-0.39, 0.29) is 37.6 Å². The molecular formula is C38H39N7O11. The van der Waals surface area contributed by atoms with Crippen LogP contribution in [0.25, 0.3) is 22.2 Å². The van der Waals surface area contributed by atoms with Crippen LogP contribution < -0.4 is 16.3 Å². The Hall–Kier alpha value is -7.21. The molecule has 18 heteroatoms. The van der Waals surface area contributed by atoms with E-state index in [2.05, 4.69) is 14.9 Å². The molecule has 56 heavy (non-hydrogen) atoms. The molecule has 0 radical (unpaired) electrons. The van der Waals surface area contributed by atoms with Gasteiger partial charge in [-0.1, -0.05) is 78.9 Å². The molecular weight excluding hydrogens is 730 g/mol. The maximum atomic E-state index is 13.1. The Labute approximate surface area is 320 Å². The fraction of sp³-hybridized carbons (Fsp3) is 0.237. The molecule has 0 fully saturated rings. The summed E-state index contributed by atoms with van der Waals surface area (Å²) in [6.45, 7) is 5.02. The van der Waals surface area contributed by atoms with E-state index in [9.17, 15) is 24.5 Å². The summed E-state index contributed by atoms with van der Waals surface area (Å²) in [4.78, 5) is 55.9. The van der Waals surface area contributed by atoms with Crippen LogP contribution in [0, 0.1) is 10.1 Å². The number of nitrogens with zero attached hydrogens (tertiary/aromatic N) is 5. The van der Waals surface area contributed by atoms with Gasteiger partial charge in [0, 0.05) is 12.5 Å². The summed E-state index contributed by atoms with van der Waals surface area (Å²) in [5.74, 6) is 5.44. The zero-order valence-corrected chi connectivity index (χ0v) is 30.6. The number of imidazole rings is 1. The van der Waals surface area contributed by atoms with E-state index < -0.39 is 29.7 Å². The van der Waals surface area contributed by atoms with Crippen LogP contribution >= 0.6 is 0 Å². The van der Waals surface area contributed by atoms with Crippen molar-refractivity contribution in [3.8, 4) is 17.1 Å². The molecule has 0 aliphatic carbocycles. The first-order valence-corrected chi connectivity index (χ1v) is 17.1. The number of fused-ring (bicyclic) bond motifs is 1. The highest BCUT2D eigenvalue weighted by Crippen LogP contribution is 2.29. The SMILES string of the molecule is CCOc1nc2cccc(C(=O)OC(C)OC=O)c2n1Cc1ccc(-c2ccccc2/C(N)=N/N(N)C(C)OC(=O)OCc2ccccc2CO[N+](=O)[O-])cc1. The third kappa shape index (κ3) is 10.1. The maximum Gasteiger partial charge on any atom is 0.510 e.